The van der Waals surface area contributed by atoms with Crippen LogP contribution in [0.5, 0.6) is 0 Å². The van der Waals surface area contributed by atoms with E-state index in [-0.39, 0.29) is 5.41 Å². The molecule has 130 valence electrons. The van der Waals surface area contributed by atoms with Gasteiger partial charge < -0.3 is 5.11 Å². The van der Waals surface area contributed by atoms with Gasteiger partial charge in [-0.15, -0.1) is 0 Å². The van der Waals surface area contributed by atoms with Gasteiger partial charge in [-0.3, -0.25) is 4.90 Å². The standard InChI is InChI=1S/C22H31NO/c1-16-7-8-18-14-20-22(24)10-3-2-9-21(22,19(18)13-16)11-12-23(20)15-17-5-4-6-17/h7-8,13,17,20,24H,2-6,9-12,14-15H2,1H3/t20-,21+,22-/m1/s1. The zero-order chi connectivity index (χ0) is 16.4. The summed E-state index contributed by atoms with van der Waals surface area (Å²) in [5.41, 5.74) is 3.92. The molecule has 1 aliphatic heterocycles. The first-order valence-electron chi connectivity index (χ1n) is 10.2. The molecule has 2 nitrogen and oxygen atoms in total. The molecule has 2 bridgehead atoms. The van der Waals surface area contributed by atoms with Crippen molar-refractivity contribution in [2.75, 3.05) is 13.1 Å². The minimum absolute atomic E-state index is 0.0334. The lowest BCUT2D eigenvalue weighted by Crippen LogP contribution is -2.72. The number of aryl methyl sites for hydroxylation is 1. The van der Waals surface area contributed by atoms with Crippen molar-refractivity contribution >= 4 is 0 Å². The molecule has 3 aliphatic carbocycles. The van der Waals surface area contributed by atoms with Gasteiger partial charge in [-0.2, -0.15) is 0 Å². The zero-order valence-corrected chi connectivity index (χ0v) is 15.1. The van der Waals surface area contributed by atoms with E-state index in [1.54, 1.807) is 0 Å². The Morgan fingerprint density at radius 3 is 2.75 bits per heavy atom. The van der Waals surface area contributed by atoms with Crippen LogP contribution in [-0.2, 0) is 11.8 Å². The number of hydrogen-bond donors (Lipinski definition) is 1. The average molecular weight is 325 g/mol. The minimum atomic E-state index is -0.492. The molecule has 0 aromatic heterocycles. The second-order valence-electron chi connectivity index (χ2n) is 9.14. The van der Waals surface area contributed by atoms with E-state index in [1.165, 1.54) is 68.3 Å². The summed E-state index contributed by atoms with van der Waals surface area (Å²) >= 11 is 0. The van der Waals surface area contributed by atoms with Crippen LogP contribution in [-0.4, -0.2) is 34.7 Å². The number of benzene rings is 1. The fourth-order valence-electron chi connectivity index (χ4n) is 6.44. The van der Waals surface area contributed by atoms with Crippen molar-refractivity contribution in [1.82, 2.24) is 4.90 Å². The fourth-order valence-corrected chi connectivity index (χ4v) is 6.44. The number of piperidine rings is 1. The molecular formula is C22H31NO. The van der Waals surface area contributed by atoms with Crippen LogP contribution < -0.4 is 0 Å². The summed E-state index contributed by atoms with van der Waals surface area (Å²) in [4.78, 5) is 2.69. The summed E-state index contributed by atoms with van der Waals surface area (Å²) in [6.07, 6.45) is 11.1. The van der Waals surface area contributed by atoms with E-state index in [4.69, 9.17) is 0 Å². The Morgan fingerprint density at radius 2 is 1.96 bits per heavy atom. The molecule has 2 saturated carbocycles. The summed E-state index contributed by atoms with van der Waals surface area (Å²) < 4.78 is 0. The van der Waals surface area contributed by atoms with Crippen LogP contribution in [0.2, 0.25) is 0 Å². The maximum atomic E-state index is 12.0. The van der Waals surface area contributed by atoms with E-state index in [1.807, 2.05) is 0 Å². The van der Waals surface area contributed by atoms with Gasteiger partial charge in [0.05, 0.1) is 5.60 Å². The summed E-state index contributed by atoms with van der Waals surface area (Å²) in [7, 11) is 0. The summed E-state index contributed by atoms with van der Waals surface area (Å²) in [6, 6.07) is 7.39. The number of nitrogens with zero attached hydrogens (tertiary/aromatic N) is 1. The smallest absolute Gasteiger partial charge is 0.0901 e. The van der Waals surface area contributed by atoms with Gasteiger partial charge in [-0.1, -0.05) is 43.0 Å². The van der Waals surface area contributed by atoms with Crippen LogP contribution in [0.4, 0.5) is 0 Å². The molecule has 24 heavy (non-hydrogen) atoms. The number of rotatable bonds is 2. The van der Waals surface area contributed by atoms with Gasteiger partial charge in [0, 0.05) is 18.0 Å². The number of hydrogen-bond acceptors (Lipinski definition) is 2. The Morgan fingerprint density at radius 1 is 1.12 bits per heavy atom. The maximum absolute atomic E-state index is 12.0. The largest absolute Gasteiger partial charge is 0.387 e. The van der Waals surface area contributed by atoms with E-state index in [9.17, 15) is 5.11 Å². The number of aliphatic hydroxyl groups is 1. The average Bonchev–Trinajstić information content (AvgIpc) is 2.53. The van der Waals surface area contributed by atoms with Crippen LogP contribution in [0.3, 0.4) is 0 Å². The van der Waals surface area contributed by atoms with Crippen molar-refractivity contribution in [2.24, 2.45) is 5.92 Å². The van der Waals surface area contributed by atoms with Gasteiger partial charge in [0.25, 0.3) is 0 Å². The monoisotopic (exact) mass is 325 g/mol. The first-order chi connectivity index (χ1) is 11.6. The SMILES string of the molecule is Cc1ccc2c(c1)[C@@]13CCCC[C@@]1(O)[C@@H](C2)N(CC1CCC1)CC3. The zero-order valence-electron chi connectivity index (χ0n) is 15.1. The molecule has 0 spiro atoms. The third-order valence-corrected chi connectivity index (χ3v) is 7.97. The second kappa shape index (κ2) is 5.32. The molecule has 5 rings (SSSR count). The molecule has 0 unspecified atom stereocenters. The maximum Gasteiger partial charge on any atom is 0.0901 e. The van der Waals surface area contributed by atoms with E-state index >= 15 is 0 Å². The molecule has 0 amide bonds. The molecule has 1 heterocycles. The highest BCUT2D eigenvalue weighted by Crippen LogP contribution is 2.58. The Kier molecular flexibility index (Phi) is 3.41. The molecule has 3 atom stereocenters. The van der Waals surface area contributed by atoms with Crippen LogP contribution in [0, 0.1) is 12.8 Å². The first-order valence-corrected chi connectivity index (χ1v) is 10.2. The summed E-state index contributed by atoms with van der Waals surface area (Å²) in [6.45, 7) is 4.62. The lowest BCUT2D eigenvalue weighted by Gasteiger charge is -2.64. The normalized spacial score (nSPS) is 39.0. The van der Waals surface area contributed by atoms with Gasteiger partial charge >= 0.3 is 0 Å². The predicted octanol–water partition coefficient (Wildman–Crippen LogP) is 3.97. The highest BCUT2D eigenvalue weighted by Gasteiger charge is 2.63. The predicted molar refractivity (Wildman–Crippen MR) is 97.3 cm³/mol. The molecule has 1 saturated heterocycles. The second-order valence-corrected chi connectivity index (χ2v) is 9.14. The highest BCUT2D eigenvalue weighted by atomic mass is 16.3. The van der Waals surface area contributed by atoms with E-state index < -0.39 is 5.60 Å². The molecule has 1 aromatic carbocycles. The third-order valence-electron chi connectivity index (χ3n) is 7.97. The van der Waals surface area contributed by atoms with Crippen LogP contribution in [0.15, 0.2) is 18.2 Å². The lowest BCUT2D eigenvalue weighted by molar-refractivity contribution is -0.169. The Balaban J connectivity index is 1.59. The first kappa shape index (κ1) is 15.4. The van der Waals surface area contributed by atoms with Gasteiger partial charge in [0.15, 0.2) is 0 Å². The van der Waals surface area contributed by atoms with Crippen molar-refractivity contribution in [1.29, 1.82) is 0 Å². The summed E-state index contributed by atoms with van der Waals surface area (Å²) in [5.74, 6) is 0.893. The van der Waals surface area contributed by atoms with Crippen molar-refractivity contribution in [2.45, 2.75) is 81.8 Å². The van der Waals surface area contributed by atoms with Gasteiger partial charge in [0.1, 0.15) is 0 Å². The van der Waals surface area contributed by atoms with Crippen LogP contribution in [0.25, 0.3) is 0 Å². The molecule has 3 fully saturated rings. The molecule has 1 aromatic rings. The van der Waals surface area contributed by atoms with E-state index in [0.717, 1.165) is 25.2 Å². The van der Waals surface area contributed by atoms with E-state index in [0.29, 0.717) is 6.04 Å². The molecule has 2 heteroatoms. The van der Waals surface area contributed by atoms with Gasteiger partial charge in [0.2, 0.25) is 0 Å². The minimum Gasteiger partial charge on any atom is -0.387 e. The Hall–Kier alpha value is -0.860. The number of likely N-dealkylation sites (tertiary alicyclic amines) is 1. The third kappa shape index (κ3) is 1.96. The molecule has 1 N–H and O–H groups in total. The van der Waals surface area contributed by atoms with Crippen LogP contribution >= 0.6 is 0 Å². The fraction of sp³-hybridized carbons (Fsp3) is 0.727. The van der Waals surface area contributed by atoms with Crippen molar-refractivity contribution in [3.05, 3.63) is 34.9 Å². The quantitative estimate of drug-likeness (QED) is 0.889. The topological polar surface area (TPSA) is 23.5 Å². The van der Waals surface area contributed by atoms with E-state index in [2.05, 4.69) is 30.0 Å². The molecule has 4 aliphatic rings. The van der Waals surface area contributed by atoms with Gasteiger partial charge in [-0.25, -0.2) is 0 Å². The van der Waals surface area contributed by atoms with Crippen molar-refractivity contribution in [3.8, 4) is 0 Å². The van der Waals surface area contributed by atoms with Crippen LogP contribution in [0.1, 0.15) is 68.1 Å². The van der Waals surface area contributed by atoms with Gasteiger partial charge in [-0.05, 0) is 69.0 Å². The Labute approximate surface area is 146 Å². The summed E-state index contributed by atoms with van der Waals surface area (Å²) in [5, 5.41) is 12.0. The highest BCUT2D eigenvalue weighted by molar-refractivity contribution is 5.46. The van der Waals surface area contributed by atoms with Crippen molar-refractivity contribution in [3.63, 3.8) is 0 Å². The Bertz CT molecular complexity index is 651. The molecule has 0 radical (unpaired) electrons. The number of fused-ring (bicyclic) bond motifs is 1. The molecular weight excluding hydrogens is 294 g/mol. The lowest BCUT2D eigenvalue weighted by atomic mass is 9.49. The van der Waals surface area contributed by atoms with Crippen molar-refractivity contribution < 1.29 is 5.11 Å².